The number of hydrogen-bond acceptors (Lipinski definition) is 9. The van der Waals surface area contributed by atoms with Crippen molar-refractivity contribution in [2.45, 2.75) is 44.9 Å². The van der Waals surface area contributed by atoms with Gasteiger partial charge in [0, 0.05) is 16.8 Å². The SMILES string of the molecule is Cc1cc(OC(F)(F)F)cc([C@H](CC(=O)O)NC(=O)CNC(=O)c2cc3c(c(NC4=NCC(F)CN4)c2)C(C)NN3)c1. The average molecular weight is 596 g/mol. The number of carboxylic acids is 1. The van der Waals surface area contributed by atoms with Crippen LogP contribution in [0, 0.1) is 6.92 Å². The van der Waals surface area contributed by atoms with E-state index in [1.165, 1.54) is 13.0 Å². The van der Waals surface area contributed by atoms with Gasteiger partial charge in [-0.15, -0.1) is 13.2 Å². The molecule has 3 atom stereocenters. The number of hydrogen-bond donors (Lipinski definition) is 7. The van der Waals surface area contributed by atoms with E-state index in [2.05, 4.69) is 41.8 Å². The lowest BCUT2D eigenvalue weighted by Crippen LogP contribution is -2.41. The summed E-state index contributed by atoms with van der Waals surface area (Å²) in [7, 11) is 0. The molecule has 4 rings (SSSR count). The number of carbonyl (C=O) groups excluding carboxylic acids is 2. The fraction of sp³-hybridized carbons (Fsp3) is 0.385. The van der Waals surface area contributed by atoms with Gasteiger partial charge in [0.05, 0.1) is 43.8 Å². The molecule has 2 unspecified atom stereocenters. The Morgan fingerprint density at radius 3 is 2.62 bits per heavy atom. The summed E-state index contributed by atoms with van der Waals surface area (Å²) in [4.78, 5) is 41.3. The molecule has 0 saturated carbocycles. The first-order valence-corrected chi connectivity index (χ1v) is 12.8. The van der Waals surface area contributed by atoms with E-state index in [-0.39, 0.29) is 30.3 Å². The molecule has 0 aliphatic carbocycles. The van der Waals surface area contributed by atoms with Gasteiger partial charge in [-0.2, -0.15) is 0 Å². The van der Waals surface area contributed by atoms with E-state index in [9.17, 15) is 37.1 Å². The summed E-state index contributed by atoms with van der Waals surface area (Å²) in [6.45, 7) is 2.90. The van der Waals surface area contributed by atoms with Crippen LogP contribution in [0.25, 0.3) is 0 Å². The highest BCUT2D eigenvalue weighted by molar-refractivity contribution is 6.02. The van der Waals surface area contributed by atoms with Gasteiger partial charge in [0.25, 0.3) is 5.91 Å². The van der Waals surface area contributed by atoms with Gasteiger partial charge in [-0.05, 0) is 49.2 Å². The summed E-state index contributed by atoms with van der Waals surface area (Å²) in [6.07, 6.45) is -6.70. The molecule has 0 bridgehead atoms. The summed E-state index contributed by atoms with van der Waals surface area (Å²) < 4.78 is 55.6. The van der Waals surface area contributed by atoms with Crippen LogP contribution in [0.3, 0.4) is 0 Å². The van der Waals surface area contributed by atoms with Gasteiger partial charge in [-0.1, -0.05) is 6.07 Å². The molecule has 2 aromatic carbocycles. The van der Waals surface area contributed by atoms with Crippen molar-refractivity contribution >= 4 is 35.1 Å². The lowest BCUT2D eigenvalue weighted by Gasteiger charge is -2.21. The smallest absolute Gasteiger partial charge is 0.481 e. The number of amides is 2. The van der Waals surface area contributed by atoms with E-state index in [0.29, 0.717) is 22.9 Å². The van der Waals surface area contributed by atoms with E-state index in [1.807, 2.05) is 6.92 Å². The van der Waals surface area contributed by atoms with Crippen LogP contribution >= 0.6 is 0 Å². The number of fused-ring (bicyclic) bond motifs is 1. The quantitative estimate of drug-likeness (QED) is 0.216. The zero-order chi connectivity index (χ0) is 30.6. The molecule has 42 heavy (non-hydrogen) atoms. The highest BCUT2D eigenvalue weighted by Crippen LogP contribution is 2.36. The number of nitrogens with one attached hydrogen (secondary N) is 6. The molecule has 16 heteroatoms. The van der Waals surface area contributed by atoms with Crippen LogP contribution in [0.4, 0.5) is 28.9 Å². The van der Waals surface area contributed by atoms with Gasteiger partial charge in [0.2, 0.25) is 5.91 Å². The highest BCUT2D eigenvalue weighted by Gasteiger charge is 2.32. The maximum Gasteiger partial charge on any atom is 0.573 e. The van der Waals surface area contributed by atoms with Crippen LogP contribution in [0.2, 0.25) is 0 Å². The predicted octanol–water partition coefficient (Wildman–Crippen LogP) is 2.66. The Labute approximate surface area is 237 Å². The molecule has 2 aromatic rings. The molecule has 12 nitrogen and oxygen atoms in total. The van der Waals surface area contributed by atoms with E-state index < -0.39 is 55.1 Å². The van der Waals surface area contributed by atoms with Gasteiger partial charge < -0.3 is 36.5 Å². The van der Waals surface area contributed by atoms with E-state index >= 15 is 0 Å². The molecule has 2 aliphatic rings. The Kier molecular flexibility index (Phi) is 9.04. The van der Waals surface area contributed by atoms with Crippen molar-refractivity contribution in [1.82, 2.24) is 21.4 Å². The van der Waals surface area contributed by atoms with Crippen LogP contribution < -0.4 is 36.9 Å². The predicted molar refractivity (Wildman–Crippen MR) is 144 cm³/mol. The van der Waals surface area contributed by atoms with Gasteiger partial charge in [-0.3, -0.25) is 14.4 Å². The van der Waals surface area contributed by atoms with Gasteiger partial charge >= 0.3 is 12.3 Å². The van der Waals surface area contributed by atoms with Crippen LogP contribution in [0.15, 0.2) is 35.3 Å². The van der Waals surface area contributed by atoms with Crippen LogP contribution in [0.1, 0.15) is 52.5 Å². The Bertz CT molecular complexity index is 1400. The second kappa shape index (κ2) is 12.5. The standard InChI is InChI=1S/C26H29F4N7O5/c1-12-3-14(5-17(4-12)42-26(28,29)30)18(8-22(39)40)34-21(38)11-31-24(41)15-6-19(23-13(2)36-37-20(23)7-15)35-25-32-9-16(27)10-33-25/h3-7,13,16,18,36-37H,8-11H2,1-2H3,(H,31,41)(H,34,38)(H,39,40)(H2,32,33,35)/t13?,18-/m0/s1. The number of aliphatic carboxylic acids is 1. The minimum absolute atomic E-state index is 0.0129. The van der Waals surface area contributed by atoms with E-state index in [1.54, 1.807) is 12.1 Å². The lowest BCUT2D eigenvalue weighted by atomic mass is 10.0. The number of ether oxygens (including phenoxy) is 1. The summed E-state index contributed by atoms with van der Waals surface area (Å²) in [5.41, 5.74) is 8.53. The maximum absolute atomic E-state index is 13.5. The van der Waals surface area contributed by atoms with E-state index in [4.69, 9.17) is 0 Å². The first-order chi connectivity index (χ1) is 19.8. The molecular weight excluding hydrogens is 566 g/mol. The third-order valence-electron chi connectivity index (χ3n) is 6.32. The van der Waals surface area contributed by atoms with Crippen LogP contribution in [-0.4, -0.2) is 61.0 Å². The third-order valence-corrected chi connectivity index (χ3v) is 6.32. The molecule has 0 fully saturated rings. The number of benzene rings is 2. The molecule has 0 spiro atoms. The largest absolute Gasteiger partial charge is 0.573 e. The van der Waals surface area contributed by atoms with Crippen molar-refractivity contribution in [3.8, 4) is 5.75 Å². The molecule has 0 radical (unpaired) electrons. The summed E-state index contributed by atoms with van der Waals surface area (Å²) >= 11 is 0. The van der Waals surface area contributed by atoms with Crippen molar-refractivity contribution in [3.63, 3.8) is 0 Å². The van der Waals surface area contributed by atoms with Crippen LogP contribution in [0.5, 0.6) is 5.75 Å². The van der Waals surface area contributed by atoms with Crippen molar-refractivity contribution in [2.24, 2.45) is 4.99 Å². The number of alkyl halides is 4. The number of aliphatic imine (C=N–C) groups is 1. The molecule has 0 saturated heterocycles. The average Bonchev–Trinajstić information content (AvgIpc) is 3.27. The number of rotatable bonds is 9. The normalized spacial score (nSPS) is 18.5. The van der Waals surface area contributed by atoms with Gasteiger partial charge in [0.15, 0.2) is 5.96 Å². The number of nitrogens with zero attached hydrogens (tertiary/aromatic N) is 1. The van der Waals surface area contributed by atoms with E-state index in [0.717, 1.165) is 17.7 Å². The Morgan fingerprint density at radius 1 is 1.19 bits per heavy atom. The highest BCUT2D eigenvalue weighted by atomic mass is 19.4. The molecule has 0 aromatic heterocycles. The number of halogens is 4. The van der Waals surface area contributed by atoms with Crippen molar-refractivity contribution in [1.29, 1.82) is 0 Å². The molecular formula is C26H29F4N7O5. The fourth-order valence-electron chi connectivity index (χ4n) is 4.55. The molecule has 2 amide bonds. The first kappa shape index (κ1) is 30.4. The first-order valence-electron chi connectivity index (χ1n) is 12.8. The topological polar surface area (TPSA) is 165 Å². The Hall–Kier alpha value is -4.60. The van der Waals surface area contributed by atoms with Gasteiger partial charge in [0.1, 0.15) is 11.9 Å². The minimum Gasteiger partial charge on any atom is -0.481 e. The second-order valence-corrected chi connectivity index (χ2v) is 9.80. The zero-order valence-corrected chi connectivity index (χ0v) is 22.5. The molecule has 2 heterocycles. The van der Waals surface area contributed by atoms with Crippen molar-refractivity contribution < 1.29 is 41.8 Å². The summed E-state index contributed by atoms with van der Waals surface area (Å²) in [5.74, 6) is -2.94. The lowest BCUT2D eigenvalue weighted by molar-refractivity contribution is -0.274. The molecule has 7 N–H and O–H groups in total. The number of guanidine groups is 1. The van der Waals surface area contributed by atoms with Crippen LogP contribution in [-0.2, 0) is 9.59 Å². The third kappa shape index (κ3) is 7.99. The molecule has 2 aliphatic heterocycles. The summed E-state index contributed by atoms with van der Waals surface area (Å²) in [6, 6.07) is 5.31. The van der Waals surface area contributed by atoms with Gasteiger partial charge in [-0.25, -0.2) is 14.8 Å². The molecule has 226 valence electrons. The second-order valence-electron chi connectivity index (χ2n) is 9.80. The number of carbonyl (C=O) groups is 3. The number of aryl methyl sites for hydroxylation is 1. The monoisotopic (exact) mass is 595 g/mol. The van der Waals surface area contributed by atoms with Crippen molar-refractivity contribution in [2.75, 3.05) is 30.4 Å². The maximum atomic E-state index is 13.5. The fourth-order valence-corrected chi connectivity index (χ4v) is 4.55. The number of anilines is 2. The Morgan fingerprint density at radius 2 is 1.95 bits per heavy atom. The minimum atomic E-state index is -4.96. The van der Waals surface area contributed by atoms with Crippen molar-refractivity contribution in [3.05, 3.63) is 52.6 Å². The number of hydrazine groups is 1. The number of carboxylic acid groups (broad SMARTS) is 1. The Balaban J connectivity index is 1.46. The summed E-state index contributed by atoms with van der Waals surface area (Å²) in [5, 5.41) is 20.1. The zero-order valence-electron chi connectivity index (χ0n) is 22.5.